The van der Waals surface area contributed by atoms with Crippen LogP contribution in [0.4, 0.5) is 5.82 Å². The fourth-order valence-electron chi connectivity index (χ4n) is 2.54. The van der Waals surface area contributed by atoms with Crippen LogP contribution in [-0.4, -0.2) is 30.0 Å². The number of carbonyl (C=O) groups is 1. The number of carbonyl (C=O) groups excluding carboxylic acids is 1. The highest BCUT2D eigenvalue weighted by Gasteiger charge is 2.32. The van der Waals surface area contributed by atoms with Crippen molar-refractivity contribution in [1.29, 1.82) is 0 Å². The van der Waals surface area contributed by atoms with Gasteiger partial charge in [-0.2, -0.15) is 0 Å². The number of hydrogen-bond donors (Lipinski definition) is 1. The molecule has 1 aromatic rings. The zero-order valence-electron chi connectivity index (χ0n) is 11.1. The largest absolute Gasteiger partial charge is 0.355 e. The Morgan fingerprint density at radius 2 is 2.05 bits per heavy atom. The van der Waals surface area contributed by atoms with Crippen molar-refractivity contribution in [2.75, 3.05) is 18.0 Å². The first-order chi connectivity index (χ1) is 9.63. The lowest BCUT2D eigenvalue weighted by molar-refractivity contribution is -0.123. The Labute approximate surface area is 132 Å². The smallest absolute Gasteiger partial charge is 0.223 e. The Balaban J connectivity index is 1.56. The van der Waals surface area contributed by atoms with Crippen molar-refractivity contribution in [2.45, 2.75) is 31.7 Å². The third kappa shape index (κ3) is 3.26. The fourth-order valence-corrected chi connectivity index (χ4v) is 3.29. The van der Waals surface area contributed by atoms with Crippen molar-refractivity contribution < 1.29 is 4.79 Å². The van der Waals surface area contributed by atoms with Gasteiger partial charge in [-0.15, -0.1) is 0 Å². The van der Waals surface area contributed by atoms with Crippen molar-refractivity contribution in [1.82, 2.24) is 10.3 Å². The van der Waals surface area contributed by atoms with E-state index >= 15 is 0 Å². The molecule has 0 spiro atoms. The first kappa shape index (κ1) is 14.1. The maximum Gasteiger partial charge on any atom is 0.223 e. The highest BCUT2D eigenvalue weighted by molar-refractivity contribution is 9.10. The summed E-state index contributed by atoms with van der Waals surface area (Å²) in [4.78, 5) is 18.3. The molecule has 1 aliphatic carbocycles. The number of pyridine rings is 1. The maximum atomic E-state index is 11.8. The average Bonchev–Trinajstić information content (AvgIpc) is 3.24. The van der Waals surface area contributed by atoms with Gasteiger partial charge in [-0.05, 0) is 47.7 Å². The van der Waals surface area contributed by atoms with Gasteiger partial charge in [0, 0.05) is 35.7 Å². The predicted octanol–water partition coefficient (Wildman–Crippen LogP) is 2.99. The van der Waals surface area contributed by atoms with Gasteiger partial charge in [-0.3, -0.25) is 4.79 Å². The van der Waals surface area contributed by atoms with Gasteiger partial charge in [0.05, 0.1) is 5.02 Å². The van der Waals surface area contributed by atoms with Crippen molar-refractivity contribution in [3.8, 4) is 0 Å². The third-order valence-corrected chi connectivity index (χ3v) is 4.59. The lowest BCUT2D eigenvalue weighted by Gasteiger charge is -2.33. The summed E-state index contributed by atoms with van der Waals surface area (Å²) in [5, 5.41) is 3.82. The predicted molar refractivity (Wildman–Crippen MR) is 83.0 cm³/mol. The Bertz CT molecular complexity index is 513. The van der Waals surface area contributed by atoms with Crippen LogP contribution in [0.15, 0.2) is 16.7 Å². The van der Waals surface area contributed by atoms with Crippen LogP contribution < -0.4 is 10.2 Å². The van der Waals surface area contributed by atoms with Gasteiger partial charge >= 0.3 is 0 Å². The van der Waals surface area contributed by atoms with Crippen molar-refractivity contribution in [3.05, 3.63) is 21.8 Å². The number of nitrogens with zero attached hydrogens (tertiary/aromatic N) is 2. The molecular formula is C14H17BrClN3O. The Kier molecular flexibility index (Phi) is 4.17. The number of rotatable bonds is 3. The molecule has 1 aromatic heterocycles. The van der Waals surface area contributed by atoms with E-state index in [1.807, 2.05) is 6.07 Å². The standard InChI is InChI=1S/C14H17BrClN3O/c15-10-7-12(16)13(17-8-10)19-5-3-11(4-6-19)18-14(20)9-1-2-9/h7-9,11H,1-6H2,(H,18,20). The van der Waals surface area contributed by atoms with E-state index in [0.29, 0.717) is 11.1 Å². The number of hydrogen-bond acceptors (Lipinski definition) is 3. The van der Waals surface area contributed by atoms with Crippen LogP contribution in [0.3, 0.4) is 0 Å². The first-order valence-corrected chi connectivity index (χ1v) is 8.17. The molecule has 1 saturated heterocycles. The van der Waals surface area contributed by atoms with Crippen LogP contribution in [0, 0.1) is 5.92 Å². The molecule has 4 nitrogen and oxygen atoms in total. The molecule has 0 bridgehead atoms. The van der Waals surface area contributed by atoms with Crippen LogP contribution in [0.5, 0.6) is 0 Å². The molecule has 108 valence electrons. The minimum Gasteiger partial charge on any atom is -0.355 e. The van der Waals surface area contributed by atoms with Crippen LogP contribution in [0.1, 0.15) is 25.7 Å². The van der Waals surface area contributed by atoms with E-state index in [9.17, 15) is 4.79 Å². The molecule has 0 aromatic carbocycles. The summed E-state index contributed by atoms with van der Waals surface area (Å²) in [5.74, 6) is 1.36. The average molecular weight is 359 g/mol. The fraction of sp³-hybridized carbons (Fsp3) is 0.571. The van der Waals surface area contributed by atoms with E-state index in [1.54, 1.807) is 6.20 Å². The Morgan fingerprint density at radius 3 is 2.65 bits per heavy atom. The van der Waals surface area contributed by atoms with E-state index in [4.69, 9.17) is 11.6 Å². The molecular weight excluding hydrogens is 342 g/mol. The SMILES string of the molecule is O=C(NC1CCN(c2ncc(Br)cc2Cl)CC1)C1CC1. The number of halogens is 2. The van der Waals surface area contributed by atoms with Gasteiger partial charge in [0.2, 0.25) is 5.91 Å². The summed E-state index contributed by atoms with van der Waals surface area (Å²) in [7, 11) is 0. The van der Waals surface area contributed by atoms with Crippen molar-refractivity contribution in [2.24, 2.45) is 5.92 Å². The van der Waals surface area contributed by atoms with Crippen LogP contribution in [0.25, 0.3) is 0 Å². The minimum absolute atomic E-state index is 0.239. The van der Waals surface area contributed by atoms with Gasteiger partial charge in [-0.25, -0.2) is 4.98 Å². The highest BCUT2D eigenvalue weighted by atomic mass is 79.9. The summed E-state index contributed by atoms with van der Waals surface area (Å²) in [6.45, 7) is 1.76. The monoisotopic (exact) mass is 357 g/mol. The Morgan fingerprint density at radius 1 is 1.35 bits per heavy atom. The van der Waals surface area contributed by atoms with E-state index in [-0.39, 0.29) is 11.8 Å². The zero-order chi connectivity index (χ0) is 14.1. The minimum atomic E-state index is 0.239. The molecule has 2 aliphatic rings. The third-order valence-electron chi connectivity index (χ3n) is 3.88. The topological polar surface area (TPSA) is 45.2 Å². The normalized spacial score (nSPS) is 20.0. The lowest BCUT2D eigenvalue weighted by Crippen LogP contribution is -2.45. The molecule has 1 aliphatic heterocycles. The summed E-state index contributed by atoms with van der Waals surface area (Å²) < 4.78 is 0.887. The highest BCUT2D eigenvalue weighted by Crippen LogP contribution is 2.30. The molecule has 1 amide bonds. The van der Waals surface area contributed by atoms with Gasteiger partial charge in [0.25, 0.3) is 0 Å². The van der Waals surface area contributed by atoms with Crippen LogP contribution in [-0.2, 0) is 4.79 Å². The summed E-state index contributed by atoms with van der Waals surface area (Å²) in [5.41, 5.74) is 0. The van der Waals surface area contributed by atoms with Crippen molar-refractivity contribution >= 4 is 39.3 Å². The molecule has 0 atom stereocenters. The second-order valence-corrected chi connectivity index (χ2v) is 6.83. The first-order valence-electron chi connectivity index (χ1n) is 7.00. The van der Waals surface area contributed by atoms with E-state index in [1.165, 1.54) is 0 Å². The number of piperidine rings is 1. The van der Waals surface area contributed by atoms with E-state index in [0.717, 1.165) is 49.1 Å². The molecule has 1 N–H and O–H groups in total. The van der Waals surface area contributed by atoms with Crippen LogP contribution in [0.2, 0.25) is 5.02 Å². The van der Waals surface area contributed by atoms with E-state index in [2.05, 4.69) is 31.1 Å². The van der Waals surface area contributed by atoms with Gasteiger partial charge in [0.1, 0.15) is 5.82 Å². The van der Waals surface area contributed by atoms with Crippen molar-refractivity contribution in [3.63, 3.8) is 0 Å². The summed E-state index contributed by atoms with van der Waals surface area (Å²) in [6.07, 6.45) is 5.79. The van der Waals surface area contributed by atoms with Crippen LogP contribution >= 0.6 is 27.5 Å². The molecule has 3 rings (SSSR count). The molecule has 0 radical (unpaired) electrons. The molecule has 1 saturated carbocycles. The number of aromatic nitrogens is 1. The Hall–Kier alpha value is -0.810. The molecule has 6 heteroatoms. The second-order valence-electron chi connectivity index (χ2n) is 5.50. The summed E-state index contributed by atoms with van der Waals surface area (Å²) >= 11 is 9.59. The molecule has 0 unspecified atom stereocenters. The van der Waals surface area contributed by atoms with Gasteiger partial charge in [0.15, 0.2) is 0 Å². The zero-order valence-corrected chi connectivity index (χ0v) is 13.5. The second kappa shape index (κ2) is 5.90. The summed E-state index contributed by atoms with van der Waals surface area (Å²) in [6, 6.07) is 2.17. The van der Waals surface area contributed by atoms with E-state index < -0.39 is 0 Å². The van der Waals surface area contributed by atoms with Gasteiger partial charge < -0.3 is 10.2 Å². The number of nitrogens with one attached hydrogen (secondary N) is 1. The maximum absolute atomic E-state index is 11.8. The molecule has 20 heavy (non-hydrogen) atoms. The lowest BCUT2D eigenvalue weighted by atomic mass is 10.0. The molecule has 2 heterocycles. The number of anilines is 1. The quantitative estimate of drug-likeness (QED) is 0.903. The van der Waals surface area contributed by atoms with Gasteiger partial charge in [-0.1, -0.05) is 11.6 Å². The number of amides is 1. The molecule has 2 fully saturated rings.